The molecule has 1 fully saturated rings. The maximum Gasteiger partial charge on any atom is 0.401 e. The lowest BCUT2D eigenvalue weighted by molar-refractivity contribution is -0.143. The topological polar surface area (TPSA) is 58.1 Å². The van der Waals surface area contributed by atoms with E-state index in [1.807, 2.05) is 6.92 Å². The van der Waals surface area contributed by atoms with Gasteiger partial charge in [0.1, 0.15) is 0 Å². The summed E-state index contributed by atoms with van der Waals surface area (Å²) < 4.78 is 72.1. The molecule has 1 saturated heterocycles. The Morgan fingerprint density at radius 3 is 2.69 bits per heavy atom. The molecule has 1 aliphatic heterocycles. The first-order chi connectivity index (χ1) is 13.7. The molecule has 29 heavy (non-hydrogen) atoms. The minimum atomic E-state index is -4.22. The van der Waals surface area contributed by atoms with Gasteiger partial charge in [0.2, 0.25) is 0 Å². The summed E-state index contributed by atoms with van der Waals surface area (Å²) in [4.78, 5) is 5.74. The molecule has 0 spiro atoms. The number of alkyl halides is 5. The van der Waals surface area contributed by atoms with Crippen molar-refractivity contribution < 1.29 is 31.4 Å². The highest BCUT2D eigenvalue weighted by molar-refractivity contribution is 5.80. The minimum Gasteiger partial charge on any atom is -0.493 e. The molecule has 6 nitrogen and oxygen atoms in total. The molecule has 0 aliphatic carbocycles. The van der Waals surface area contributed by atoms with Crippen molar-refractivity contribution in [2.24, 2.45) is 4.99 Å². The van der Waals surface area contributed by atoms with Gasteiger partial charge in [-0.25, -0.2) is 4.99 Å². The van der Waals surface area contributed by atoms with Crippen LogP contribution in [-0.4, -0.2) is 63.0 Å². The van der Waals surface area contributed by atoms with Crippen molar-refractivity contribution in [3.63, 3.8) is 0 Å². The molecule has 0 radical (unpaired) electrons. The Balaban J connectivity index is 2.00. The van der Waals surface area contributed by atoms with Crippen LogP contribution in [0.1, 0.15) is 18.9 Å². The van der Waals surface area contributed by atoms with Crippen molar-refractivity contribution in [1.29, 1.82) is 0 Å². The largest absolute Gasteiger partial charge is 0.493 e. The zero-order valence-electron chi connectivity index (χ0n) is 16.2. The molecule has 1 aromatic rings. The smallest absolute Gasteiger partial charge is 0.401 e. The third kappa shape index (κ3) is 7.92. The number of guanidine groups is 1. The van der Waals surface area contributed by atoms with E-state index >= 15 is 0 Å². The molecule has 2 rings (SSSR count). The number of aliphatic imine (C=N–C) groups is 1. The van der Waals surface area contributed by atoms with E-state index in [0.29, 0.717) is 31.0 Å². The fourth-order valence-electron chi connectivity index (χ4n) is 3.04. The van der Waals surface area contributed by atoms with Crippen LogP contribution in [0.5, 0.6) is 11.5 Å². The molecule has 1 atom stereocenters. The van der Waals surface area contributed by atoms with E-state index in [2.05, 4.69) is 20.4 Å². The van der Waals surface area contributed by atoms with Crippen molar-refractivity contribution >= 4 is 5.96 Å². The first kappa shape index (κ1) is 23.0. The van der Waals surface area contributed by atoms with Gasteiger partial charge in [-0.2, -0.15) is 22.0 Å². The average Bonchev–Trinajstić information content (AvgIpc) is 3.04. The summed E-state index contributed by atoms with van der Waals surface area (Å²) in [5.74, 6) is 0.532. The van der Waals surface area contributed by atoms with E-state index in [0.717, 1.165) is 0 Å². The van der Waals surface area contributed by atoms with E-state index < -0.39 is 19.3 Å². The van der Waals surface area contributed by atoms with Crippen LogP contribution >= 0.6 is 0 Å². The summed E-state index contributed by atoms with van der Waals surface area (Å²) >= 11 is 0. The Kier molecular flexibility index (Phi) is 8.30. The number of hydrogen-bond acceptors (Lipinski definition) is 4. The summed E-state index contributed by atoms with van der Waals surface area (Å²) in [7, 11) is 1.35. The van der Waals surface area contributed by atoms with Crippen LogP contribution < -0.4 is 20.1 Å². The van der Waals surface area contributed by atoms with E-state index in [9.17, 15) is 22.0 Å². The lowest BCUT2D eigenvalue weighted by Gasteiger charge is -2.19. The Labute approximate surface area is 166 Å². The first-order valence-corrected chi connectivity index (χ1v) is 9.16. The van der Waals surface area contributed by atoms with Crippen LogP contribution in [0.25, 0.3) is 0 Å². The Bertz CT molecular complexity index is 685. The van der Waals surface area contributed by atoms with Crippen molar-refractivity contribution in [2.75, 3.05) is 33.3 Å². The third-order valence-corrected chi connectivity index (χ3v) is 4.22. The van der Waals surface area contributed by atoms with Gasteiger partial charge in [0, 0.05) is 25.7 Å². The standard InChI is InChI=1S/C18H25F5N4O2/c1-3-24-17(26-13-6-7-27(10-13)11-18(21,22)23)25-9-12-4-5-14(28-2)15(8-12)29-16(19)20/h4-5,8,13,16H,3,6-7,9-11H2,1-2H3,(H2,24,25,26). The second kappa shape index (κ2) is 10.5. The molecule has 0 saturated carbocycles. The number of halogens is 5. The third-order valence-electron chi connectivity index (χ3n) is 4.22. The lowest BCUT2D eigenvalue weighted by Crippen LogP contribution is -2.45. The van der Waals surface area contributed by atoms with Gasteiger partial charge in [-0.3, -0.25) is 4.90 Å². The lowest BCUT2D eigenvalue weighted by atomic mass is 10.2. The second-order valence-electron chi connectivity index (χ2n) is 6.54. The van der Waals surface area contributed by atoms with Crippen LogP contribution in [0.15, 0.2) is 23.2 Å². The number of likely N-dealkylation sites (tertiary alicyclic amines) is 1. The van der Waals surface area contributed by atoms with Gasteiger partial charge in [-0.1, -0.05) is 6.07 Å². The number of benzene rings is 1. The van der Waals surface area contributed by atoms with Crippen molar-refractivity contribution in [1.82, 2.24) is 15.5 Å². The van der Waals surface area contributed by atoms with Gasteiger partial charge in [-0.05, 0) is 31.0 Å². The fraction of sp³-hybridized carbons (Fsp3) is 0.611. The predicted octanol–water partition coefficient (Wildman–Crippen LogP) is 2.99. The highest BCUT2D eigenvalue weighted by Crippen LogP contribution is 2.29. The Morgan fingerprint density at radius 1 is 1.31 bits per heavy atom. The number of methoxy groups -OCH3 is 1. The molecule has 0 aromatic heterocycles. The molecule has 1 heterocycles. The summed E-state index contributed by atoms with van der Waals surface area (Å²) in [6, 6.07) is 4.43. The van der Waals surface area contributed by atoms with Crippen LogP contribution in [0.4, 0.5) is 22.0 Å². The van der Waals surface area contributed by atoms with Gasteiger partial charge < -0.3 is 20.1 Å². The Hall–Kier alpha value is -2.30. The molecule has 2 N–H and O–H groups in total. The molecular weight excluding hydrogens is 399 g/mol. The minimum absolute atomic E-state index is 0.0910. The number of ether oxygens (including phenoxy) is 2. The van der Waals surface area contributed by atoms with Crippen LogP contribution in [0.2, 0.25) is 0 Å². The molecule has 11 heteroatoms. The molecule has 0 amide bonds. The number of nitrogens with one attached hydrogen (secondary N) is 2. The molecule has 164 valence electrons. The van der Waals surface area contributed by atoms with Gasteiger partial charge >= 0.3 is 12.8 Å². The highest BCUT2D eigenvalue weighted by atomic mass is 19.4. The Morgan fingerprint density at radius 2 is 2.07 bits per heavy atom. The molecule has 1 aromatic carbocycles. The van der Waals surface area contributed by atoms with E-state index in [-0.39, 0.29) is 30.6 Å². The number of hydrogen-bond donors (Lipinski definition) is 2. The summed E-state index contributed by atoms with van der Waals surface area (Å²) in [5.41, 5.74) is 0.615. The van der Waals surface area contributed by atoms with Gasteiger partial charge in [0.25, 0.3) is 0 Å². The zero-order chi connectivity index (χ0) is 21.4. The van der Waals surface area contributed by atoms with Crippen molar-refractivity contribution in [3.05, 3.63) is 23.8 Å². The highest BCUT2D eigenvalue weighted by Gasteiger charge is 2.34. The van der Waals surface area contributed by atoms with Gasteiger partial charge in [0.05, 0.1) is 20.2 Å². The number of nitrogens with zero attached hydrogens (tertiary/aromatic N) is 2. The van der Waals surface area contributed by atoms with Crippen LogP contribution in [0.3, 0.4) is 0 Å². The van der Waals surface area contributed by atoms with E-state index in [4.69, 9.17) is 4.74 Å². The zero-order valence-corrected chi connectivity index (χ0v) is 16.2. The van der Waals surface area contributed by atoms with E-state index in [1.54, 1.807) is 6.07 Å². The van der Waals surface area contributed by atoms with Crippen LogP contribution in [-0.2, 0) is 6.54 Å². The second-order valence-corrected chi connectivity index (χ2v) is 6.54. The van der Waals surface area contributed by atoms with Gasteiger partial charge in [-0.15, -0.1) is 0 Å². The maximum absolute atomic E-state index is 12.5. The fourth-order valence-corrected chi connectivity index (χ4v) is 3.04. The first-order valence-electron chi connectivity index (χ1n) is 9.16. The summed E-state index contributed by atoms with van der Waals surface area (Å²) in [6.45, 7) is -0.710. The summed E-state index contributed by atoms with van der Waals surface area (Å²) in [6.07, 6.45) is -3.66. The predicted molar refractivity (Wildman–Crippen MR) is 98.5 cm³/mol. The normalized spacial score (nSPS) is 18.2. The molecule has 1 unspecified atom stereocenters. The van der Waals surface area contributed by atoms with E-state index in [1.165, 1.54) is 24.1 Å². The quantitative estimate of drug-likeness (QED) is 0.382. The SMILES string of the molecule is CCNC(=NCc1ccc(OC)c(OC(F)F)c1)NC1CCN(CC(F)(F)F)C1. The van der Waals surface area contributed by atoms with Crippen molar-refractivity contribution in [3.8, 4) is 11.5 Å². The summed E-state index contributed by atoms with van der Waals surface area (Å²) in [5, 5.41) is 6.16. The average molecular weight is 424 g/mol. The molecule has 0 bridgehead atoms. The number of rotatable bonds is 8. The van der Waals surface area contributed by atoms with Gasteiger partial charge in [0.15, 0.2) is 17.5 Å². The monoisotopic (exact) mass is 424 g/mol. The molecule has 1 aliphatic rings. The van der Waals surface area contributed by atoms with Crippen molar-refractivity contribution in [2.45, 2.75) is 38.7 Å². The van der Waals surface area contributed by atoms with Crippen LogP contribution in [0, 0.1) is 0 Å². The maximum atomic E-state index is 12.5. The molecular formula is C18H25F5N4O2.